The SMILES string of the molecule is CC/C(C#N)=C\C=C(/C)Nc1nc(Oc2c(F)cc(CC)cc2F)ccc1N. The Hall–Kier alpha value is -3.40. The average molecular weight is 384 g/mol. The van der Waals surface area contributed by atoms with E-state index >= 15 is 0 Å². The molecule has 0 saturated carbocycles. The highest BCUT2D eigenvalue weighted by atomic mass is 19.1. The Morgan fingerprint density at radius 2 is 1.93 bits per heavy atom. The van der Waals surface area contributed by atoms with Gasteiger partial charge in [0, 0.05) is 17.3 Å². The fourth-order valence-electron chi connectivity index (χ4n) is 2.32. The van der Waals surface area contributed by atoms with Gasteiger partial charge in [-0.15, -0.1) is 0 Å². The molecule has 2 aromatic rings. The highest BCUT2D eigenvalue weighted by Crippen LogP contribution is 2.30. The number of halogens is 2. The summed E-state index contributed by atoms with van der Waals surface area (Å²) < 4.78 is 33.6. The van der Waals surface area contributed by atoms with Gasteiger partial charge in [0.15, 0.2) is 17.5 Å². The number of nitrogens with two attached hydrogens (primary N) is 1. The Morgan fingerprint density at radius 3 is 2.50 bits per heavy atom. The van der Waals surface area contributed by atoms with E-state index in [-0.39, 0.29) is 11.7 Å². The lowest BCUT2D eigenvalue weighted by Crippen LogP contribution is -2.04. The normalized spacial score (nSPS) is 11.9. The van der Waals surface area contributed by atoms with Crippen LogP contribution in [-0.2, 0) is 6.42 Å². The summed E-state index contributed by atoms with van der Waals surface area (Å²) in [6.07, 6.45) is 4.55. The van der Waals surface area contributed by atoms with Crippen LogP contribution in [0.2, 0.25) is 0 Å². The van der Waals surface area contributed by atoms with Crippen molar-refractivity contribution in [2.75, 3.05) is 11.1 Å². The second-order valence-electron chi connectivity index (χ2n) is 6.06. The van der Waals surface area contributed by atoms with Gasteiger partial charge in [-0.05, 0) is 55.7 Å². The van der Waals surface area contributed by atoms with E-state index < -0.39 is 17.4 Å². The monoisotopic (exact) mass is 384 g/mol. The van der Waals surface area contributed by atoms with Crippen LogP contribution in [0.25, 0.3) is 0 Å². The standard InChI is InChI=1S/C21H22F2N4O/c1-4-14(12-24)7-6-13(3)26-21-18(25)8-9-19(27-21)28-20-16(22)10-15(5-2)11-17(20)23/h6-11H,4-5,25H2,1-3H3,(H,26,27)/b13-6+,14-7+. The van der Waals surface area contributed by atoms with Crippen LogP contribution in [0.4, 0.5) is 20.3 Å². The van der Waals surface area contributed by atoms with Crippen LogP contribution in [0.3, 0.4) is 0 Å². The van der Waals surface area contributed by atoms with Crippen molar-refractivity contribution in [3.63, 3.8) is 0 Å². The molecule has 0 radical (unpaired) electrons. The molecule has 0 atom stereocenters. The molecule has 28 heavy (non-hydrogen) atoms. The maximum Gasteiger partial charge on any atom is 0.221 e. The van der Waals surface area contributed by atoms with Gasteiger partial charge in [-0.25, -0.2) is 8.78 Å². The van der Waals surface area contributed by atoms with E-state index in [9.17, 15) is 8.78 Å². The van der Waals surface area contributed by atoms with Gasteiger partial charge in [0.1, 0.15) is 0 Å². The molecule has 0 bridgehead atoms. The molecule has 0 aliphatic rings. The first kappa shape index (κ1) is 20.9. The molecule has 1 aromatic carbocycles. The van der Waals surface area contributed by atoms with Crippen LogP contribution < -0.4 is 15.8 Å². The maximum absolute atomic E-state index is 14.1. The van der Waals surface area contributed by atoms with Gasteiger partial charge >= 0.3 is 0 Å². The van der Waals surface area contributed by atoms with Crippen LogP contribution in [-0.4, -0.2) is 4.98 Å². The minimum Gasteiger partial charge on any atom is -0.433 e. The number of aryl methyl sites for hydroxylation is 1. The molecule has 0 aliphatic heterocycles. The van der Waals surface area contributed by atoms with Crippen molar-refractivity contribution >= 4 is 11.5 Å². The number of ether oxygens (including phenoxy) is 1. The number of pyridine rings is 1. The molecule has 3 N–H and O–H groups in total. The summed E-state index contributed by atoms with van der Waals surface area (Å²) in [5, 5.41) is 11.9. The number of nitrogens with zero attached hydrogens (tertiary/aromatic N) is 2. The second kappa shape index (κ2) is 9.51. The number of anilines is 2. The molecule has 7 heteroatoms. The molecule has 0 aliphatic carbocycles. The lowest BCUT2D eigenvalue weighted by atomic mass is 10.1. The Labute approximate surface area is 163 Å². The predicted octanol–water partition coefficient (Wildman–Crippen LogP) is 5.47. The molecular formula is C21H22F2N4O. The van der Waals surface area contributed by atoms with Gasteiger partial charge in [0.2, 0.25) is 11.6 Å². The molecule has 0 unspecified atom stereocenters. The number of nitrogens with one attached hydrogen (secondary N) is 1. The molecule has 0 saturated heterocycles. The molecule has 1 heterocycles. The highest BCUT2D eigenvalue weighted by molar-refractivity contribution is 5.64. The van der Waals surface area contributed by atoms with Crippen molar-refractivity contribution < 1.29 is 13.5 Å². The van der Waals surface area contributed by atoms with Crippen molar-refractivity contribution in [2.45, 2.75) is 33.6 Å². The van der Waals surface area contributed by atoms with E-state index in [0.29, 0.717) is 35.4 Å². The first-order valence-corrected chi connectivity index (χ1v) is 8.84. The first-order valence-electron chi connectivity index (χ1n) is 8.84. The van der Waals surface area contributed by atoms with E-state index in [1.807, 2.05) is 6.92 Å². The predicted molar refractivity (Wildman–Crippen MR) is 106 cm³/mol. The van der Waals surface area contributed by atoms with Gasteiger partial charge in [-0.2, -0.15) is 10.2 Å². The van der Waals surface area contributed by atoms with E-state index in [1.165, 1.54) is 24.3 Å². The van der Waals surface area contributed by atoms with Gasteiger partial charge in [-0.1, -0.05) is 13.8 Å². The third kappa shape index (κ3) is 5.30. The molecule has 0 spiro atoms. The molecule has 0 fully saturated rings. The number of allylic oxidation sites excluding steroid dienone is 4. The van der Waals surface area contributed by atoms with Crippen LogP contribution >= 0.6 is 0 Å². The minimum atomic E-state index is -0.796. The third-order valence-corrected chi connectivity index (χ3v) is 3.95. The first-order chi connectivity index (χ1) is 13.4. The molecule has 5 nitrogen and oxygen atoms in total. The van der Waals surface area contributed by atoms with E-state index in [1.54, 1.807) is 26.0 Å². The number of nitriles is 1. The van der Waals surface area contributed by atoms with Gasteiger partial charge in [0.05, 0.1) is 11.8 Å². The summed E-state index contributed by atoms with van der Waals surface area (Å²) in [7, 11) is 0. The molecule has 1 aromatic heterocycles. The van der Waals surface area contributed by atoms with Crippen molar-refractivity contribution in [3.05, 3.63) is 64.9 Å². The summed E-state index contributed by atoms with van der Waals surface area (Å²) >= 11 is 0. The number of hydrogen-bond donors (Lipinski definition) is 2. The third-order valence-electron chi connectivity index (χ3n) is 3.95. The van der Waals surface area contributed by atoms with E-state index in [2.05, 4.69) is 16.4 Å². The highest BCUT2D eigenvalue weighted by Gasteiger charge is 2.15. The van der Waals surface area contributed by atoms with Crippen LogP contribution in [0, 0.1) is 23.0 Å². The summed E-state index contributed by atoms with van der Waals surface area (Å²) in [6, 6.07) is 7.51. The van der Waals surface area contributed by atoms with E-state index in [0.717, 1.165) is 0 Å². The molecular weight excluding hydrogens is 362 g/mol. The lowest BCUT2D eigenvalue weighted by molar-refractivity contribution is 0.395. The average Bonchev–Trinajstić information content (AvgIpc) is 2.67. The number of aromatic nitrogens is 1. The van der Waals surface area contributed by atoms with Crippen molar-refractivity contribution in [3.8, 4) is 17.7 Å². The number of hydrogen-bond acceptors (Lipinski definition) is 5. The smallest absolute Gasteiger partial charge is 0.221 e. The fourth-order valence-corrected chi connectivity index (χ4v) is 2.32. The number of benzene rings is 1. The molecule has 2 rings (SSSR count). The molecule has 0 amide bonds. The van der Waals surface area contributed by atoms with Crippen molar-refractivity contribution in [1.29, 1.82) is 5.26 Å². The fraction of sp³-hybridized carbons (Fsp3) is 0.238. The van der Waals surface area contributed by atoms with Crippen LogP contribution in [0.5, 0.6) is 11.6 Å². The topological polar surface area (TPSA) is 84.0 Å². The zero-order chi connectivity index (χ0) is 20.7. The lowest BCUT2D eigenvalue weighted by Gasteiger charge is -2.12. The van der Waals surface area contributed by atoms with E-state index in [4.69, 9.17) is 15.7 Å². The summed E-state index contributed by atoms with van der Waals surface area (Å²) in [4.78, 5) is 4.18. The maximum atomic E-state index is 14.1. The summed E-state index contributed by atoms with van der Waals surface area (Å²) in [6.45, 7) is 5.47. The minimum absolute atomic E-state index is 0.00615. The second-order valence-corrected chi connectivity index (χ2v) is 6.06. The summed E-state index contributed by atoms with van der Waals surface area (Å²) in [5.41, 5.74) is 8.09. The molecule has 146 valence electrons. The van der Waals surface area contributed by atoms with Crippen molar-refractivity contribution in [1.82, 2.24) is 4.98 Å². The van der Waals surface area contributed by atoms with Crippen LogP contribution in [0.15, 0.2) is 47.7 Å². The zero-order valence-corrected chi connectivity index (χ0v) is 16.0. The van der Waals surface area contributed by atoms with Gasteiger partial charge in [0.25, 0.3) is 0 Å². The Balaban J connectivity index is 2.26. The van der Waals surface area contributed by atoms with Gasteiger partial charge in [-0.3, -0.25) is 0 Å². The zero-order valence-electron chi connectivity index (χ0n) is 16.0. The quantitative estimate of drug-likeness (QED) is 0.488. The Morgan fingerprint density at radius 1 is 1.25 bits per heavy atom. The largest absolute Gasteiger partial charge is 0.433 e. The summed E-state index contributed by atoms with van der Waals surface area (Å²) in [5.74, 6) is -1.84. The van der Waals surface area contributed by atoms with Crippen molar-refractivity contribution in [2.24, 2.45) is 0 Å². The number of rotatable bonds is 7. The van der Waals surface area contributed by atoms with Crippen LogP contribution in [0.1, 0.15) is 32.8 Å². The van der Waals surface area contributed by atoms with Gasteiger partial charge < -0.3 is 15.8 Å². The Kier molecular flexibility index (Phi) is 7.10. The number of nitrogen functional groups attached to an aromatic ring is 1. The Bertz CT molecular complexity index is 938.